The number of aromatic nitrogens is 1. The first kappa shape index (κ1) is 14.4. The Morgan fingerprint density at radius 3 is 2.17 bits per heavy atom. The molecule has 0 aliphatic carbocycles. The lowest BCUT2D eigenvalue weighted by Crippen LogP contribution is -2.25. The van der Waals surface area contributed by atoms with E-state index >= 15 is 0 Å². The predicted molar refractivity (Wildman–Crippen MR) is 46.6 cm³/mol. The molecule has 0 aliphatic heterocycles. The summed E-state index contributed by atoms with van der Waals surface area (Å²) in [5.74, 6) is -1.63. The molecule has 0 unspecified atom stereocenters. The maximum absolute atomic E-state index is 12.6. The van der Waals surface area contributed by atoms with Crippen molar-refractivity contribution in [3.05, 3.63) is 27.7 Å². The van der Waals surface area contributed by atoms with Crippen LogP contribution in [-0.4, -0.2) is 11.3 Å². The molecular formula is C8H6F6N2O2. The molecule has 18 heavy (non-hydrogen) atoms. The predicted octanol–water partition coefficient (Wildman–Crippen LogP) is 1.75. The fourth-order valence-corrected chi connectivity index (χ4v) is 1.26. The minimum absolute atomic E-state index is 0.0650. The molecular weight excluding hydrogens is 270 g/mol. The first-order valence-electron chi connectivity index (χ1n) is 4.34. The van der Waals surface area contributed by atoms with E-state index in [4.69, 9.17) is 5.73 Å². The second kappa shape index (κ2) is 4.52. The van der Waals surface area contributed by atoms with Crippen molar-refractivity contribution in [2.24, 2.45) is 5.73 Å². The molecule has 0 radical (unpaired) electrons. The second-order valence-electron chi connectivity index (χ2n) is 3.10. The van der Waals surface area contributed by atoms with E-state index in [1.807, 2.05) is 0 Å². The van der Waals surface area contributed by atoms with Crippen LogP contribution in [-0.2, 0) is 12.7 Å². The molecule has 0 saturated carbocycles. The SMILES string of the molecule is NCc1[nH]c(=O)cc(OC(F)(F)F)c1C(F)(F)F. The Hall–Kier alpha value is -1.71. The van der Waals surface area contributed by atoms with Gasteiger partial charge >= 0.3 is 12.5 Å². The van der Waals surface area contributed by atoms with Gasteiger partial charge < -0.3 is 15.5 Å². The summed E-state index contributed by atoms with van der Waals surface area (Å²) in [5, 5.41) is 0. The zero-order valence-electron chi connectivity index (χ0n) is 8.45. The van der Waals surface area contributed by atoms with Gasteiger partial charge in [0.1, 0.15) is 11.3 Å². The van der Waals surface area contributed by atoms with Crippen molar-refractivity contribution in [1.82, 2.24) is 4.98 Å². The van der Waals surface area contributed by atoms with E-state index in [1.54, 1.807) is 4.98 Å². The quantitative estimate of drug-likeness (QED) is 0.808. The molecule has 1 rings (SSSR count). The third kappa shape index (κ3) is 3.39. The van der Waals surface area contributed by atoms with E-state index in [0.717, 1.165) is 0 Å². The van der Waals surface area contributed by atoms with Crippen molar-refractivity contribution in [3.63, 3.8) is 0 Å². The molecule has 0 atom stereocenters. The number of nitrogens with one attached hydrogen (secondary N) is 1. The number of hydrogen-bond acceptors (Lipinski definition) is 3. The Bertz CT molecular complexity index is 490. The lowest BCUT2D eigenvalue weighted by Gasteiger charge is -2.17. The van der Waals surface area contributed by atoms with Crippen molar-refractivity contribution >= 4 is 0 Å². The number of alkyl halides is 6. The van der Waals surface area contributed by atoms with Crippen LogP contribution in [0, 0.1) is 0 Å². The molecule has 102 valence electrons. The highest BCUT2D eigenvalue weighted by molar-refractivity contribution is 5.38. The van der Waals surface area contributed by atoms with Gasteiger partial charge in [-0.1, -0.05) is 0 Å². The Morgan fingerprint density at radius 2 is 1.78 bits per heavy atom. The summed E-state index contributed by atoms with van der Waals surface area (Å²) in [5.41, 5.74) is 1.14. The molecule has 0 spiro atoms. The number of rotatable bonds is 2. The highest BCUT2D eigenvalue weighted by Crippen LogP contribution is 2.39. The standard InChI is InChI=1S/C8H6F6N2O2/c9-7(10,11)6-3(2-15)16-5(17)1-4(6)18-8(12,13)14/h1H,2,15H2,(H,16,17). The molecule has 0 bridgehead atoms. The number of ether oxygens (including phenoxy) is 1. The van der Waals surface area contributed by atoms with Crippen molar-refractivity contribution in [1.29, 1.82) is 0 Å². The van der Waals surface area contributed by atoms with Crippen LogP contribution >= 0.6 is 0 Å². The van der Waals surface area contributed by atoms with Crippen molar-refractivity contribution < 1.29 is 31.1 Å². The molecule has 1 heterocycles. The summed E-state index contributed by atoms with van der Waals surface area (Å²) in [6, 6.07) is 0.0650. The lowest BCUT2D eigenvalue weighted by molar-refractivity contribution is -0.276. The Kier molecular flexibility index (Phi) is 3.60. The molecule has 10 heteroatoms. The minimum atomic E-state index is -5.35. The number of hydrogen-bond donors (Lipinski definition) is 2. The fourth-order valence-electron chi connectivity index (χ4n) is 1.26. The van der Waals surface area contributed by atoms with Gasteiger partial charge in [0.25, 0.3) is 5.56 Å². The molecule has 0 amide bonds. The fraction of sp³-hybridized carbons (Fsp3) is 0.375. The van der Waals surface area contributed by atoms with Gasteiger partial charge in [-0.25, -0.2) is 0 Å². The zero-order chi connectivity index (χ0) is 14.1. The van der Waals surface area contributed by atoms with Gasteiger partial charge in [0.15, 0.2) is 0 Å². The zero-order valence-corrected chi connectivity index (χ0v) is 8.45. The van der Waals surface area contributed by atoms with E-state index in [1.165, 1.54) is 0 Å². The highest BCUT2D eigenvalue weighted by atomic mass is 19.4. The summed E-state index contributed by atoms with van der Waals surface area (Å²) < 4.78 is 76.8. The average molecular weight is 276 g/mol. The van der Waals surface area contributed by atoms with Crippen LogP contribution in [0.25, 0.3) is 0 Å². The van der Waals surface area contributed by atoms with E-state index in [9.17, 15) is 31.1 Å². The average Bonchev–Trinajstić information content (AvgIpc) is 2.11. The number of H-pyrrole nitrogens is 1. The van der Waals surface area contributed by atoms with E-state index in [0.29, 0.717) is 0 Å². The molecule has 0 aliphatic rings. The van der Waals surface area contributed by atoms with Crippen molar-refractivity contribution in [2.75, 3.05) is 0 Å². The van der Waals surface area contributed by atoms with E-state index < -0.39 is 41.6 Å². The summed E-state index contributed by atoms with van der Waals surface area (Å²) in [6.45, 7) is -0.793. The number of pyridine rings is 1. The monoisotopic (exact) mass is 276 g/mol. The van der Waals surface area contributed by atoms with Gasteiger partial charge in [0, 0.05) is 18.3 Å². The van der Waals surface area contributed by atoms with Crippen LogP contribution < -0.4 is 16.0 Å². The van der Waals surface area contributed by atoms with Crippen LogP contribution in [0.4, 0.5) is 26.3 Å². The first-order chi connectivity index (χ1) is 8.04. The smallest absolute Gasteiger partial charge is 0.405 e. The van der Waals surface area contributed by atoms with E-state index in [-0.39, 0.29) is 6.07 Å². The van der Waals surface area contributed by atoms with Gasteiger partial charge in [0.05, 0.1) is 0 Å². The number of halogens is 6. The van der Waals surface area contributed by atoms with Gasteiger partial charge in [-0.2, -0.15) is 13.2 Å². The Morgan fingerprint density at radius 1 is 1.22 bits per heavy atom. The molecule has 4 nitrogen and oxygen atoms in total. The Labute approximate surface area is 95.4 Å². The normalized spacial score (nSPS) is 12.6. The van der Waals surface area contributed by atoms with Gasteiger partial charge in [-0.15, -0.1) is 13.2 Å². The maximum Gasteiger partial charge on any atom is 0.573 e. The van der Waals surface area contributed by atoms with Gasteiger partial charge in [0.2, 0.25) is 0 Å². The first-order valence-corrected chi connectivity index (χ1v) is 4.34. The third-order valence-electron chi connectivity index (χ3n) is 1.80. The van der Waals surface area contributed by atoms with E-state index in [2.05, 4.69) is 4.74 Å². The summed E-state index contributed by atoms with van der Waals surface area (Å²) >= 11 is 0. The molecule has 3 N–H and O–H groups in total. The van der Waals surface area contributed by atoms with Crippen LogP contribution in [0.2, 0.25) is 0 Å². The van der Waals surface area contributed by atoms with Crippen molar-refractivity contribution in [3.8, 4) is 5.75 Å². The number of nitrogens with two attached hydrogens (primary N) is 1. The van der Waals surface area contributed by atoms with Crippen LogP contribution in [0.1, 0.15) is 11.3 Å². The van der Waals surface area contributed by atoms with Crippen LogP contribution in [0.3, 0.4) is 0 Å². The van der Waals surface area contributed by atoms with Gasteiger partial charge in [-0.3, -0.25) is 4.79 Å². The lowest BCUT2D eigenvalue weighted by atomic mass is 10.1. The summed E-state index contributed by atoms with van der Waals surface area (Å²) in [7, 11) is 0. The molecule has 0 saturated heterocycles. The molecule has 1 aromatic rings. The summed E-state index contributed by atoms with van der Waals surface area (Å²) in [6.07, 6.45) is -10.5. The Balaban J connectivity index is 3.48. The number of aromatic amines is 1. The second-order valence-corrected chi connectivity index (χ2v) is 3.10. The highest BCUT2D eigenvalue weighted by Gasteiger charge is 2.41. The summed E-state index contributed by atoms with van der Waals surface area (Å²) in [4.78, 5) is 12.6. The minimum Gasteiger partial charge on any atom is -0.405 e. The van der Waals surface area contributed by atoms with Gasteiger partial charge in [-0.05, 0) is 0 Å². The van der Waals surface area contributed by atoms with Crippen LogP contribution in [0.15, 0.2) is 10.9 Å². The topological polar surface area (TPSA) is 68.1 Å². The van der Waals surface area contributed by atoms with Crippen molar-refractivity contribution in [2.45, 2.75) is 19.1 Å². The molecule has 0 fully saturated rings. The third-order valence-corrected chi connectivity index (χ3v) is 1.80. The van der Waals surface area contributed by atoms with Crippen LogP contribution in [0.5, 0.6) is 5.75 Å². The maximum atomic E-state index is 12.6. The molecule has 0 aromatic carbocycles. The largest absolute Gasteiger partial charge is 0.573 e. The molecule has 1 aromatic heterocycles.